The summed E-state index contributed by atoms with van der Waals surface area (Å²) in [7, 11) is 0. The van der Waals surface area contributed by atoms with Crippen molar-refractivity contribution in [1.82, 2.24) is 4.57 Å². The number of aromatic nitrogens is 1. The molecule has 26 heavy (non-hydrogen) atoms. The van der Waals surface area contributed by atoms with Crippen LogP contribution < -0.4 is 10.6 Å². The third-order valence-corrected chi connectivity index (χ3v) is 4.26. The molecule has 0 saturated heterocycles. The number of fused-ring (bicyclic) bond motifs is 1. The van der Waals surface area contributed by atoms with Crippen LogP contribution in [0.15, 0.2) is 54.7 Å². The monoisotopic (exact) mass is 349 g/mol. The topological polar surface area (TPSA) is 63.1 Å². The van der Waals surface area contributed by atoms with Gasteiger partial charge in [-0.2, -0.15) is 0 Å². The summed E-state index contributed by atoms with van der Waals surface area (Å²) in [4.78, 5) is 23.4. The molecule has 0 atom stereocenters. The molecule has 0 radical (unpaired) electrons. The minimum atomic E-state index is -0.123. The van der Waals surface area contributed by atoms with Crippen molar-refractivity contribution in [3.05, 3.63) is 60.3 Å². The number of benzene rings is 2. The highest BCUT2D eigenvalue weighted by Crippen LogP contribution is 2.22. The molecule has 3 aromatic rings. The maximum absolute atomic E-state index is 12.4. The molecule has 0 spiro atoms. The number of nitrogens with one attached hydrogen (secondary N) is 2. The smallest absolute Gasteiger partial charge is 0.244 e. The fraction of sp³-hybridized carbons (Fsp3) is 0.238. The van der Waals surface area contributed by atoms with Crippen molar-refractivity contribution in [3.63, 3.8) is 0 Å². The average molecular weight is 349 g/mol. The molecule has 0 aliphatic carbocycles. The molecule has 2 aromatic carbocycles. The molecule has 134 valence electrons. The first-order valence-corrected chi connectivity index (χ1v) is 8.68. The van der Waals surface area contributed by atoms with Crippen molar-refractivity contribution in [2.24, 2.45) is 0 Å². The molecule has 0 unspecified atom stereocenters. The molecular weight excluding hydrogens is 326 g/mol. The van der Waals surface area contributed by atoms with Crippen molar-refractivity contribution in [2.75, 3.05) is 10.6 Å². The van der Waals surface area contributed by atoms with Crippen molar-refractivity contribution >= 4 is 34.1 Å². The Morgan fingerprint density at radius 2 is 1.62 bits per heavy atom. The van der Waals surface area contributed by atoms with Gasteiger partial charge in [-0.1, -0.05) is 19.9 Å². The first kappa shape index (κ1) is 17.7. The quantitative estimate of drug-likeness (QED) is 0.719. The van der Waals surface area contributed by atoms with E-state index in [1.165, 1.54) is 12.5 Å². The lowest BCUT2D eigenvalue weighted by molar-refractivity contribution is -0.116. The molecule has 1 aromatic heterocycles. The van der Waals surface area contributed by atoms with Crippen LogP contribution in [0.3, 0.4) is 0 Å². The minimum Gasteiger partial charge on any atom is -0.338 e. The van der Waals surface area contributed by atoms with Crippen LogP contribution in [0.2, 0.25) is 0 Å². The number of rotatable bonds is 5. The number of nitrogens with zero attached hydrogens (tertiary/aromatic N) is 1. The van der Waals surface area contributed by atoms with Gasteiger partial charge in [0.15, 0.2) is 0 Å². The average Bonchev–Trinajstić information content (AvgIpc) is 2.98. The first-order chi connectivity index (χ1) is 12.4. The van der Waals surface area contributed by atoms with E-state index in [-0.39, 0.29) is 18.4 Å². The van der Waals surface area contributed by atoms with Crippen LogP contribution in [-0.4, -0.2) is 16.4 Å². The second kappa shape index (κ2) is 7.44. The molecule has 5 nitrogen and oxygen atoms in total. The highest BCUT2D eigenvalue weighted by molar-refractivity contribution is 5.93. The second-order valence-electron chi connectivity index (χ2n) is 6.72. The molecule has 0 aliphatic heterocycles. The molecular formula is C21H23N3O2. The van der Waals surface area contributed by atoms with Crippen LogP contribution in [0.5, 0.6) is 0 Å². The molecule has 0 bridgehead atoms. The number of hydrogen-bond donors (Lipinski definition) is 2. The number of carbonyl (C=O) groups excluding carboxylic acids is 2. The Morgan fingerprint density at radius 3 is 2.23 bits per heavy atom. The summed E-state index contributed by atoms with van der Waals surface area (Å²) in [5.74, 6) is 0.260. The van der Waals surface area contributed by atoms with Gasteiger partial charge in [0.25, 0.3) is 0 Å². The second-order valence-corrected chi connectivity index (χ2v) is 6.72. The van der Waals surface area contributed by atoms with E-state index in [4.69, 9.17) is 0 Å². The van der Waals surface area contributed by atoms with Gasteiger partial charge < -0.3 is 15.2 Å². The predicted molar refractivity (Wildman–Crippen MR) is 105 cm³/mol. The fourth-order valence-corrected chi connectivity index (χ4v) is 2.91. The largest absolute Gasteiger partial charge is 0.338 e. The van der Waals surface area contributed by atoms with Gasteiger partial charge in [-0.25, -0.2) is 0 Å². The van der Waals surface area contributed by atoms with Crippen LogP contribution >= 0.6 is 0 Å². The third kappa shape index (κ3) is 4.11. The molecule has 2 N–H and O–H groups in total. The standard InChI is InChI=1S/C21H23N3O2/c1-14(2)16-4-9-20-17(12-16)10-11-24(20)13-21(26)23-19-7-5-18(6-8-19)22-15(3)25/h4-12,14H,13H2,1-3H3,(H,22,25)(H,23,26). The fourth-order valence-electron chi connectivity index (χ4n) is 2.91. The molecule has 0 fully saturated rings. The van der Waals surface area contributed by atoms with E-state index in [0.717, 1.165) is 10.9 Å². The van der Waals surface area contributed by atoms with Crippen molar-refractivity contribution in [2.45, 2.75) is 33.2 Å². The van der Waals surface area contributed by atoms with Gasteiger partial charge in [0.05, 0.1) is 0 Å². The highest BCUT2D eigenvalue weighted by Gasteiger charge is 2.08. The Bertz CT molecular complexity index is 940. The van der Waals surface area contributed by atoms with Crippen molar-refractivity contribution in [3.8, 4) is 0 Å². The number of anilines is 2. The first-order valence-electron chi connectivity index (χ1n) is 8.68. The highest BCUT2D eigenvalue weighted by atomic mass is 16.2. The molecule has 1 heterocycles. The maximum atomic E-state index is 12.4. The zero-order chi connectivity index (χ0) is 18.7. The van der Waals surface area contributed by atoms with E-state index >= 15 is 0 Å². The van der Waals surface area contributed by atoms with Gasteiger partial charge >= 0.3 is 0 Å². The van der Waals surface area contributed by atoms with E-state index < -0.39 is 0 Å². The van der Waals surface area contributed by atoms with Crippen LogP contribution in [0.4, 0.5) is 11.4 Å². The summed E-state index contributed by atoms with van der Waals surface area (Å²) >= 11 is 0. The van der Waals surface area contributed by atoms with Gasteiger partial charge in [-0.15, -0.1) is 0 Å². The van der Waals surface area contributed by atoms with Gasteiger partial charge in [0, 0.05) is 30.0 Å². The number of hydrogen-bond acceptors (Lipinski definition) is 2. The normalized spacial score (nSPS) is 10.9. The van der Waals surface area contributed by atoms with Crippen molar-refractivity contribution in [1.29, 1.82) is 0 Å². The van der Waals surface area contributed by atoms with Crippen LogP contribution in [0.25, 0.3) is 10.9 Å². The molecule has 5 heteroatoms. The van der Waals surface area contributed by atoms with Crippen LogP contribution in [0, 0.1) is 0 Å². The Morgan fingerprint density at radius 1 is 0.962 bits per heavy atom. The summed E-state index contributed by atoms with van der Waals surface area (Å²) in [6.07, 6.45) is 1.94. The Labute approximate surface area is 153 Å². The Kier molecular flexibility index (Phi) is 5.07. The molecule has 0 saturated carbocycles. The minimum absolute atomic E-state index is 0.0947. The van der Waals surface area contributed by atoms with Gasteiger partial charge in [0.1, 0.15) is 6.54 Å². The lowest BCUT2D eigenvalue weighted by Gasteiger charge is -2.09. The molecule has 0 aliphatic rings. The Balaban J connectivity index is 1.68. The summed E-state index contributed by atoms with van der Waals surface area (Å²) in [5.41, 5.74) is 3.74. The summed E-state index contributed by atoms with van der Waals surface area (Å²) in [5, 5.41) is 6.72. The van der Waals surface area contributed by atoms with E-state index in [1.807, 2.05) is 16.8 Å². The van der Waals surface area contributed by atoms with Gasteiger partial charge in [-0.05, 0) is 59.3 Å². The van der Waals surface area contributed by atoms with E-state index in [0.29, 0.717) is 17.3 Å². The van der Waals surface area contributed by atoms with Gasteiger partial charge in [0.2, 0.25) is 11.8 Å². The predicted octanol–water partition coefficient (Wildman–Crippen LogP) is 4.36. The lowest BCUT2D eigenvalue weighted by Crippen LogP contribution is -2.18. The zero-order valence-electron chi connectivity index (χ0n) is 15.2. The molecule has 3 rings (SSSR count). The summed E-state index contributed by atoms with van der Waals surface area (Å²) < 4.78 is 1.94. The number of amides is 2. The SMILES string of the molecule is CC(=O)Nc1ccc(NC(=O)Cn2ccc3cc(C(C)C)ccc32)cc1. The Hall–Kier alpha value is -3.08. The third-order valence-electron chi connectivity index (χ3n) is 4.26. The van der Waals surface area contributed by atoms with Crippen LogP contribution in [-0.2, 0) is 16.1 Å². The number of carbonyl (C=O) groups is 2. The summed E-state index contributed by atoms with van der Waals surface area (Å²) in [6.45, 7) is 6.05. The van der Waals surface area contributed by atoms with Gasteiger partial charge in [-0.3, -0.25) is 9.59 Å². The maximum Gasteiger partial charge on any atom is 0.244 e. The van der Waals surface area contributed by atoms with E-state index in [1.54, 1.807) is 24.3 Å². The van der Waals surface area contributed by atoms with E-state index in [2.05, 4.69) is 42.7 Å². The van der Waals surface area contributed by atoms with E-state index in [9.17, 15) is 9.59 Å². The lowest BCUT2D eigenvalue weighted by atomic mass is 10.0. The molecule has 2 amide bonds. The summed E-state index contributed by atoms with van der Waals surface area (Å²) in [6, 6.07) is 15.5. The van der Waals surface area contributed by atoms with Crippen LogP contribution in [0.1, 0.15) is 32.3 Å². The van der Waals surface area contributed by atoms with Crippen molar-refractivity contribution < 1.29 is 9.59 Å². The zero-order valence-corrected chi connectivity index (χ0v) is 15.2.